The summed E-state index contributed by atoms with van der Waals surface area (Å²) in [6.45, 7) is 4.16. The number of hydrogen-bond acceptors (Lipinski definition) is 3. The molecule has 0 aliphatic heterocycles. The molecule has 1 nitrogen and oxygen atoms in total. The fraction of sp³-hybridized carbons (Fsp3) is 0.400. The van der Waals surface area contributed by atoms with Crippen LogP contribution in [0.1, 0.15) is 13.8 Å². The van der Waals surface area contributed by atoms with Crippen LogP contribution in [0.3, 0.4) is 0 Å². The first-order valence-corrected chi connectivity index (χ1v) is 12.8. The van der Waals surface area contributed by atoms with Gasteiger partial charge in [-0.05, 0) is 0 Å². The van der Waals surface area contributed by atoms with Crippen molar-refractivity contribution in [3.05, 3.63) is 30.3 Å². The van der Waals surface area contributed by atoms with Crippen molar-refractivity contribution in [1.82, 2.24) is 0 Å². The van der Waals surface area contributed by atoms with Crippen molar-refractivity contribution >= 4 is 46.0 Å². The SMILES string of the molecule is CCSP(=O)(SCC)[Se]c1ccccc1. The first-order valence-electron chi connectivity index (χ1n) is 4.84. The Morgan fingerprint density at radius 1 is 1.13 bits per heavy atom. The molecule has 0 amide bonds. The van der Waals surface area contributed by atoms with Gasteiger partial charge in [0.05, 0.1) is 0 Å². The Kier molecular flexibility index (Phi) is 6.49. The zero-order chi connectivity index (χ0) is 11.1. The molecule has 0 radical (unpaired) electrons. The normalized spacial score (nSPS) is 11.6. The zero-order valence-electron chi connectivity index (χ0n) is 8.88. The van der Waals surface area contributed by atoms with E-state index >= 15 is 0 Å². The van der Waals surface area contributed by atoms with E-state index < -0.39 is 4.24 Å². The van der Waals surface area contributed by atoms with Gasteiger partial charge < -0.3 is 0 Å². The van der Waals surface area contributed by atoms with Gasteiger partial charge in [0.15, 0.2) is 0 Å². The minimum atomic E-state index is -2.05. The van der Waals surface area contributed by atoms with Crippen molar-refractivity contribution in [2.45, 2.75) is 13.8 Å². The van der Waals surface area contributed by atoms with E-state index in [1.165, 1.54) is 4.46 Å². The number of rotatable bonds is 6. The van der Waals surface area contributed by atoms with Crippen LogP contribution in [0.5, 0.6) is 0 Å². The molecule has 0 saturated heterocycles. The van der Waals surface area contributed by atoms with Crippen LogP contribution in [-0.2, 0) is 4.57 Å². The first-order chi connectivity index (χ1) is 7.20. The van der Waals surface area contributed by atoms with Gasteiger partial charge in [-0.25, -0.2) is 0 Å². The van der Waals surface area contributed by atoms with Gasteiger partial charge in [-0.15, -0.1) is 0 Å². The van der Waals surface area contributed by atoms with E-state index in [0.717, 1.165) is 11.5 Å². The molecule has 1 aromatic carbocycles. The standard InChI is InChI=1S/C10H15OPS2Se/c1-3-13-12(11,14-4-2)15-10-8-6-5-7-9-10/h5-9H,3-4H2,1-2H3. The third-order valence-corrected chi connectivity index (χ3v) is 18.1. The summed E-state index contributed by atoms with van der Waals surface area (Å²) in [6.07, 6.45) is 0. The summed E-state index contributed by atoms with van der Waals surface area (Å²) < 4.78 is 11.7. The summed E-state index contributed by atoms with van der Waals surface area (Å²) in [7, 11) is 0. The van der Waals surface area contributed by atoms with Crippen LogP contribution in [0, 0.1) is 0 Å². The minimum absolute atomic E-state index is 0.107. The molecule has 0 fully saturated rings. The molecule has 0 N–H and O–H groups in total. The second-order valence-corrected chi connectivity index (χ2v) is 19.3. The maximum atomic E-state index is 12.5. The van der Waals surface area contributed by atoms with Crippen LogP contribution < -0.4 is 4.46 Å². The van der Waals surface area contributed by atoms with Gasteiger partial charge in [0.1, 0.15) is 0 Å². The fourth-order valence-corrected chi connectivity index (χ4v) is 18.6. The van der Waals surface area contributed by atoms with E-state index in [1.54, 1.807) is 22.8 Å². The Balaban J connectivity index is 2.71. The molecule has 0 bridgehead atoms. The molecular formula is C10H15OPS2Se. The second kappa shape index (κ2) is 7.08. The average molecular weight is 325 g/mol. The van der Waals surface area contributed by atoms with Crippen molar-refractivity contribution in [3.63, 3.8) is 0 Å². The van der Waals surface area contributed by atoms with Gasteiger partial charge in [-0.3, -0.25) is 0 Å². The predicted octanol–water partition coefficient (Wildman–Crippen LogP) is 3.63. The fourth-order valence-electron chi connectivity index (χ4n) is 1.02. The molecule has 0 saturated carbocycles. The van der Waals surface area contributed by atoms with Gasteiger partial charge in [-0.1, -0.05) is 0 Å². The molecule has 1 rings (SSSR count). The summed E-state index contributed by atoms with van der Waals surface area (Å²) in [6, 6.07) is 10.2. The molecule has 15 heavy (non-hydrogen) atoms. The topological polar surface area (TPSA) is 17.1 Å². The molecule has 0 spiro atoms. The van der Waals surface area contributed by atoms with E-state index in [0.29, 0.717) is 0 Å². The zero-order valence-corrected chi connectivity index (χ0v) is 13.1. The van der Waals surface area contributed by atoms with Crippen LogP contribution in [0.25, 0.3) is 0 Å². The van der Waals surface area contributed by atoms with E-state index in [9.17, 15) is 4.57 Å². The molecule has 0 aliphatic rings. The molecular weight excluding hydrogens is 310 g/mol. The summed E-state index contributed by atoms with van der Waals surface area (Å²) in [5, 5.41) is 0. The molecule has 84 valence electrons. The first kappa shape index (κ1) is 13.7. The Morgan fingerprint density at radius 2 is 1.67 bits per heavy atom. The molecule has 1 aromatic rings. The molecule has 0 unspecified atom stereocenters. The average Bonchev–Trinajstić information content (AvgIpc) is 2.19. The van der Waals surface area contributed by atoms with Gasteiger partial charge in [0.25, 0.3) is 0 Å². The van der Waals surface area contributed by atoms with Crippen molar-refractivity contribution in [3.8, 4) is 0 Å². The molecule has 0 atom stereocenters. The van der Waals surface area contributed by atoms with Crippen molar-refractivity contribution in [1.29, 1.82) is 0 Å². The van der Waals surface area contributed by atoms with Crippen molar-refractivity contribution in [2.75, 3.05) is 11.5 Å². The summed E-state index contributed by atoms with van der Waals surface area (Å²) >= 11 is 3.40. The van der Waals surface area contributed by atoms with Crippen LogP contribution in [0.4, 0.5) is 0 Å². The summed E-state index contributed by atoms with van der Waals surface area (Å²) in [5.74, 6) is 1.89. The van der Waals surface area contributed by atoms with Crippen LogP contribution in [0.2, 0.25) is 0 Å². The predicted molar refractivity (Wildman–Crippen MR) is 75.7 cm³/mol. The Bertz CT molecular complexity index is 321. The third-order valence-electron chi connectivity index (χ3n) is 1.53. The van der Waals surface area contributed by atoms with Crippen molar-refractivity contribution < 1.29 is 4.57 Å². The van der Waals surface area contributed by atoms with E-state index in [1.807, 2.05) is 18.2 Å². The van der Waals surface area contributed by atoms with Gasteiger partial charge in [-0.2, -0.15) is 0 Å². The van der Waals surface area contributed by atoms with E-state index in [-0.39, 0.29) is 14.5 Å². The van der Waals surface area contributed by atoms with Crippen LogP contribution in [-0.4, -0.2) is 26.0 Å². The molecule has 0 aromatic heterocycles. The molecule has 0 aliphatic carbocycles. The summed E-state index contributed by atoms with van der Waals surface area (Å²) in [4.78, 5) is 0. The Labute approximate surface area is 106 Å². The Morgan fingerprint density at radius 3 is 2.13 bits per heavy atom. The van der Waals surface area contributed by atoms with Crippen LogP contribution >= 0.6 is 27.0 Å². The second-order valence-electron chi connectivity index (χ2n) is 2.69. The van der Waals surface area contributed by atoms with E-state index in [4.69, 9.17) is 0 Å². The summed E-state index contributed by atoms with van der Waals surface area (Å²) in [5.41, 5.74) is 0. The van der Waals surface area contributed by atoms with E-state index in [2.05, 4.69) is 26.0 Å². The quantitative estimate of drug-likeness (QED) is 0.587. The van der Waals surface area contributed by atoms with Gasteiger partial charge >= 0.3 is 106 Å². The monoisotopic (exact) mass is 326 g/mol. The number of benzene rings is 1. The Hall–Kier alpha value is 0.669. The molecule has 0 heterocycles. The van der Waals surface area contributed by atoms with Crippen molar-refractivity contribution in [2.24, 2.45) is 0 Å². The maximum absolute atomic E-state index is 12.5. The number of hydrogen-bond donors (Lipinski definition) is 0. The third kappa shape index (κ3) is 5.01. The van der Waals surface area contributed by atoms with Crippen LogP contribution in [0.15, 0.2) is 30.3 Å². The van der Waals surface area contributed by atoms with Gasteiger partial charge in [0.2, 0.25) is 0 Å². The molecule has 5 heteroatoms. The van der Waals surface area contributed by atoms with Gasteiger partial charge in [0, 0.05) is 0 Å².